The Morgan fingerprint density at radius 2 is 2.04 bits per heavy atom. The minimum absolute atomic E-state index is 0.00906. The zero-order valence-electron chi connectivity index (χ0n) is 14.6. The summed E-state index contributed by atoms with van der Waals surface area (Å²) < 4.78 is 12.2. The summed E-state index contributed by atoms with van der Waals surface area (Å²) in [6.07, 6.45) is 5.37. The van der Waals surface area contributed by atoms with E-state index in [-0.39, 0.29) is 5.91 Å². The van der Waals surface area contributed by atoms with E-state index in [1.807, 2.05) is 36.4 Å². The van der Waals surface area contributed by atoms with Crippen molar-refractivity contribution in [1.82, 2.24) is 10.3 Å². The number of amides is 1. The summed E-state index contributed by atoms with van der Waals surface area (Å²) in [4.78, 5) is 16.2. The molecule has 1 aromatic carbocycles. The lowest BCUT2D eigenvalue weighted by molar-refractivity contribution is -0.121. The molecule has 1 N–H and O–H groups in total. The van der Waals surface area contributed by atoms with Gasteiger partial charge >= 0.3 is 0 Å². The van der Waals surface area contributed by atoms with Crippen LogP contribution in [-0.4, -0.2) is 24.1 Å². The molecule has 1 fully saturated rings. The molecule has 2 aromatic rings. The van der Waals surface area contributed by atoms with Crippen molar-refractivity contribution in [2.45, 2.75) is 32.2 Å². The van der Waals surface area contributed by atoms with Crippen molar-refractivity contribution in [2.24, 2.45) is 5.92 Å². The Balaban J connectivity index is 1.30. The molecule has 0 saturated heterocycles. The van der Waals surface area contributed by atoms with Crippen LogP contribution in [-0.2, 0) is 11.3 Å². The highest BCUT2D eigenvalue weighted by atomic mass is 79.9. The molecule has 1 aliphatic rings. The van der Waals surface area contributed by atoms with Gasteiger partial charge in [-0.3, -0.25) is 4.79 Å². The maximum atomic E-state index is 11.9. The number of carbonyl (C=O) groups is 1. The number of hydrogen-bond acceptors (Lipinski definition) is 4. The summed E-state index contributed by atoms with van der Waals surface area (Å²) in [6, 6.07) is 11.5. The number of nitrogens with one attached hydrogen (secondary N) is 1. The van der Waals surface area contributed by atoms with Crippen LogP contribution in [0.25, 0.3) is 0 Å². The van der Waals surface area contributed by atoms with E-state index in [2.05, 4.69) is 26.2 Å². The number of carbonyl (C=O) groups excluding carboxylic acids is 1. The Morgan fingerprint density at radius 1 is 1.19 bits per heavy atom. The van der Waals surface area contributed by atoms with Crippen LogP contribution in [0, 0.1) is 5.92 Å². The van der Waals surface area contributed by atoms with E-state index >= 15 is 0 Å². The van der Waals surface area contributed by atoms with Gasteiger partial charge in [0.1, 0.15) is 5.75 Å². The van der Waals surface area contributed by atoms with Gasteiger partial charge in [-0.25, -0.2) is 4.98 Å². The van der Waals surface area contributed by atoms with Crippen LogP contribution in [0.4, 0.5) is 0 Å². The number of para-hydroxylation sites is 1. The fourth-order valence-electron chi connectivity index (χ4n) is 2.35. The number of nitrogens with zero attached hydrogens (tertiary/aromatic N) is 1. The molecular formula is C20H23BrN2O3. The van der Waals surface area contributed by atoms with Gasteiger partial charge in [-0.05, 0) is 58.8 Å². The summed E-state index contributed by atoms with van der Waals surface area (Å²) >= 11 is 3.43. The Morgan fingerprint density at radius 3 is 2.77 bits per heavy atom. The lowest BCUT2D eigenvalue weighted by Crippen LogP contribution is -2.23. The predicted molar refractivity (Wildman–Crippen MR) is 103 cm³/mol. The molecule has 1 heterocycles. The lowest BCUT2D eigenvalue weighted by Gasteiger charge is -2.09. The van der Waals surface area contributed by atoms with Gasteiger partial charge in [0.15, 0.2) is 0 Å². The third-order valence-corrected chi connectivity index (χ3v) is 4.75. The molecule has 3 rings (SSSR count). The van der Waals surface area contributed by atoms with Gasteiger partial charge in [-0.2, -0.15) is 0 Å². The molecular weight excluding hydrogens is 396 g/mol. The van der Waals surface area contributed by atoms with E-state index in [1.165, 1.54) is 12.8 Å². The first kappa shape index (κ1) is 18.7. The Bertz CT molecular complexity index is 717. The first-order chi connectivity index (χ1) is 12.7. The minimum atomic E-state index is 0.00906. The summed E-state index contributed by atoms with van der Waals surface area (Å²) in [6.45, 7) is 1.73. The summed E-state index contributed by atoms with van der Waals surface area (Å²) in [5, 5.41) is 2.90. The maximum Gasteiger partial charge on any atom is 0.220 e. The zero-order valence-corrected chi connectivity index (χ0v) is 16.2. The number of rotatable bonds is 10. The second-order valence-corrected chi connectivity index (χ2v) is 7.27. The number of ether oxygens (including phenoxy) is 2. The molecule has 1 aliphatic carbocycles. The van der Waals surface area contributed by atoms with Crippen molar-refractivity contribution in [3.8, 4) is 11.6 Å². The Labute approximate surface area is 162 Å². The molecule has 0 unspecified atom stereocenters. The molecule has 0 spiro atoms. The molecule has 0 radical (unpaired) electrons. The van der Waals surface area contributed by atoms with Crippen molar-refractivity contribution in [2.75, 3.05) is 13.2 Å². The number of pyridine rings is 1. The van der Waals surface area contributed by atoms with Crippen molar-refractivity contribution in [3.63, 3.8) is 0 Å². The van der Waals surface area contributed by atoms with Crippen LogP contribution in [0.1, 0.15) is 31.2 Å². The van der Waals surface area contributed by atoms with Crippen LogP contribution in [0.15, 0.2) is 47.1 Å². The normalized spacial score (nSPS) is 13.3. The van der Waals surface area contributed by atoms with Crippen LogP contribution in [0.2, 0.25) is 0 Å². The smallest absolute Gasteiger partial charge is 0.220 e. The third-order valence-electron chi connectivity index (χ3n) is 4.09. The first-order valence-corrected chi connectivity index (χ1v) is 9.72. The molecule has 26 heavy (non-hydrogen) atoms. The summed E-state index contributed by atoms with van der Waals surface area (Å²) in [7, 11) is 0. The minimum Gasteiger partial charge on any atom is -0.492 e. The van der Waals surface area contributed by atoms with Gasteiger partial charge in [-0.15, -0.1) is 0 Å². The van der Waals surface area contributed by atoms with E-state index < -0.39 is 0 Å². The molecule has 138 valence electrons. The maximum absolute atomic E-state index is 11.9. The Hall–Kier alpha value is -2.08. The topological polar surface area (TPSA) is 60.5 Å². The molecule has 1 amide bonds. The van der Waals surface area contributed by atoms with Gasteiger partial charge in [-0.1, -0.05) is 18.2 Å². The van der Waals surface area contributed by atoms with Gasteiger partial charge in [0, 0.05) is 25.2 Å². The van der Waals surface area contributed by atoms with Gasteiger partial charge in [0.2, 0.25) is 11.8 Å². The van der Waals surface area contributed by atoms with Crippen molar-refractivity contribution in [3.05, 3.63) is 52.6 Å². The zero-order chi connectivity index (χ0) is 18.2. The third kappa shape index (κ3) is 6.33. The van der Waals surface area contributed by atoms with E-state index in [9.17, 15) is 4.79 Å². The SMILES string of the molecule is O=C(CCCOc1ccccc1Br)NCc1ccc(OCC2CC2)nc1. The molecule has 0 atom stereocenters. The van der Waals surface area contributed by atoms with Crippen molar-refractivity contribution >= 4 is 21.8 Å². The number of aromatic nitrogens is 1. The van der Waals surface area contributed by atoms with Gasteiger partial charge < -0.3 is 14.8 Å². The van der Waals surface area contributed by atoms with E-state index in [4.69, 9.17) is 9.47 Å². The van der Waals surface area contributed by atoms with Crippen LogP contribution in [0.3, 0.4) is 0 Å². The number of halogens is 1. The number of hydrogen-bond donors (Lipinski definition) is 1. The average Bonchev–Trinajstić information content (AvgIpc) is 3.48. The van der Waals surface area contributed by atoms with Crippen molar-refractivity contribution in [1.29, 1.82) is 0 Å². The fourth-order valence-corrected chi connectivity index (χ4v) is 2.75. The molecule has 5 nitrogen and oxygen atoms in total. The summed E-state index contributed by atoms with van der Waals surface area (Å²) in [5.74, 6) is 2.16. The fraction of sp³-hybridized carbons (Fsp3) is 0.400. The highest BCUT2D eigenvalue weighted by Crippen LogP contribution is 2.29. The largest absolute Gasteiger partial charge is 0.492 e. The van der Waals surface area contributed by atoms with Crippen LogP contribution >= 0.6 is 15.9 Å². The highest BCUT2D eigenvalue weighted by molar-refractivity contribution is 9.10. The van der Waals surface area contributed by atoms with E-state index in [1.54, 1.807) is 6.20 Å². The molecule has 6 heteroatoms. The van der Waals surface area contributed by atoms with E-state index in [0.29, 0.717) is 37.8 Å². The second-order valence-electron chi connectivity index (χ2n) is 6.42. The van der Waals surface area contributed by atoms with Gasteiger partial charge in [0.05, 0.1) is 17.7 Å². The quantitative estimate of drug-likeness (QED) is 0.589. The summed E-state index contributed by atoms with van der Waals surface area (Å²) in [5.41, 5.74) is 0.960. The lowest BCUT2D eigenvalue weighted by atomic mass is 10.2. The standard InChI is InChI=1S/C20H23BrN2O3/c21-17-4-1-2-5-18(17)25-11-3-6-19(24)22-12-16-9-10-20(23-13-16)26-14-15-7-8-15/h1-2,4-5,9-10,13,15H,3,6-8,11-12,14H2,(H,22,24). The van der Waals surface area contributed by atoms with Crippen LogP contribution < -0.4 is 14.8 Å². The van der Waals surface area contributed by atoms with E-state index in [0.717, 1.165) is 22.4 Å². The molecule has 1 saturated carbocycles. The van der Waals surface area contributed by atoms with Crippen molar-refractivity contribution < 1.29 is 14.3 Å². The highest BCUT2D eigenvalue weighted by Gasteiger charge is 2.22. The predicted octanol–water partition coefficient (Wildman–Crippen LogP) is 4.11. The van der Waals surface area contributed by atoms with Crippen LogP contribution in [0.5, 0.6) is 11.6 Å². The van der Waals surface area contributed by atoms with Gasteiger partial charge in [0.25, 0.3) is 0 Å². The molecule has 0 aliphatic heterocycles. The average molecular weight is 419 g/mol. The molecule has 1 aromatic heterocycles. The second kappa shape index (κ2) is 9.57. The Kier molecular flexibility index (Phi) is 6.89. The first-order valence-electron chi connectivity index (χ1n) is 8.92. The number of benzene rings is 1. The molecule has 0 bridgehead atoms. The monoisotopic (exact) mass is 418 g/mol.